The molecule has 124 valence electrons. The zero-order valence-electron chi connectivity index (χ0n) is 13.4. The molecule has 1 aromatic heterocycles. The average Bonchev–Trinajstić information content (AvgIpc) is 3.03. The molecule has 3 rings (SSSR count). The number of rotatable bonds is 7. The molecular weight excluding hydrogens is 324 g/mol. The lowest BCUT2D eigenvalue weighted by molar-refractivity contribution is -0.145. The smallest absolute Gasteiger partial charge is 0.309 e. The van der Waals surface area contributed by atoms with Crippen LogP contribution in [0.3, 0.4) is 0 Å². The lowest BCUT2D eigenvalue weighted by Crippen LogP contribution is -2.10. The van der Waals surface area contributed by atoms with Gasteiger partial charge in [0, 0.05) is 10.3 Å². The number of thiophene rings is 1. The van der Waals surface area contributed by atoms with Crippen LogP contribution in [0.25, 0.3) is 10.1 Å². The summed E-state index contributed by atoms with van der Waals surface area (Å²) in [5.74, 6) is 0.993. The van der Waals surface area contributed by atoms with Crippen molar-refractivity contribution in [2.45, 2.75) is 13.0 Å². The number of esters is 1. The third-order valence-corrected chi connectivity index (χ3v) is 4.59. The van der Waals surface area contributed by atoms with Gasteiger partial charge in [-0.2, -0.15) is 0 Å². The first-order valence-electron chi connectivity index (χ1n) is 7.64. The van der Waals surface area contributed by atoms with Gasteiger partial charge in [-0.1, -0.05) is 30.3 Å². The minimum atomic E-state index is -0.278. The molecule has 0 aliphatic carbocycles. The van der Waals surface area contributed by atoms with Crippen LogP contribution in [0.15, 0.2) is 53.9 Å². The molecule has 0 bridgehead atoms. The van der Waals surface area contributed by atoms with Crippen molar-refractivity contribution in [2.24, 2.45) is 0 Å². The summed E-state index contributed by atoms with van der Waals surface area (Å²) in [6.07, 6.45) is 0.195. The van der Waals surface area contributed by atoms with Crippen molar-refractivity contribution < 1.29 is 19.0 Å². The molecular formula is C19H18O4S. The second-order valence-corrected chi connectivity index (χ2v) is 6.08. The summed E-state index contributed by atoms with van der Waals surface area (Å²) < 4.78 is 17.3. The molecule has 0 fully saturated rings. The zero-order valence-corrected chi connectivity index (χ0v) is 14.2. The minimum Gasteiger partial charge on any atom is -0.493 e. The number of para-hydroxylation sites is 2. The molecule has 0 aliphatic rings. The normalized spacial score (nSPS) is 10.5. The number of carbonyl (C=O) groups is 1. The first kappa shape index (κ1) is 16.3. The predicted molar refractivity (Wildman–Crippen MR) is 94.7 cm³/mol. The molecule has 2 aromatic carbocycles. The van der Waals surface area contributed by atoms with Crippen LogP contribution in [0, 0.1) is 0 Å². The highest BCUT2D eigenvalue weighted by Gasteiger charge is 2.09. The minimum absolute atomic E-state index is 0.195. The monoisotopic (exact) mass is 342 g/mol. The third kappa shape index (κ3) is 3.86. The third-order valence-electron chi connectivity index (χ3n) is 3.58. The summed E-state index contributed by atoms with van der Waals surface area (Å²) in [5.41, 5.74) is 1.04. The van der Waals surface area contributed by atoms with Gasteiger partial charge in [0.05, 0.1) is 20.1 Å². The first-order chi connectivity index (χ1) is 11.8. The van der Waals surface area contributed by atoms with Gasteiger partial charge in [0.25, 0.3) is 0 Å². The fourth-order valence-electron chi connectivity index (χ4n) is 2.36. The van der Waals surface area contributed by atoms with Crippen molar-refractivity contribution in [1.29, 1.82) is 0 Å². The Hall–Kier alpha value is -2.53. The Labute approximate surface area is 144 Å². The number of hydrogen-bond donors (Lipinski definition) is 0. The van der Waals surface area contributed by atoms with E-state index in [-0.39, 0.29) is 25.6 Å². The van der Waals surface area contributed by atoms with E-state index in [1.54, 1.807) is 18.4 Å². The van der Waals surface area contributed by atoms with Gasteiger partial charge >= 0.3 is 5.97 Å². The van der Waals surface area contributed by atoms with E-state index in [9.17, 15) is 4.79 Å². The van der Waals surface area contributed by atoms with Gasteiger partial charge in [0.15, 0.2) is 11.5 Å². The van der Waals surface area contributed by atoms with Crippen molar-refractivity contribution >= 4 is 27.4 Å². The molecule has 0 saturated heterocycles. The Morgan fingerprint density at radius 3 is 2.62 bits per heavy atom. The molecule has 4 nitrogen and oxygen atoms in total. The van der Waals surface area contributed by atoms with Gasteiger partial charge in [0.1, 0.15) is 6.61 Å². The van der Waals surface area contributed by atoms with Gasteiger partial charge in [-0.05, 0) is 29.0 Å². The van der Waals surface area contributed by atoms with Crippen LogP contribution in [0.4, 0.5) is 0 Å². The van der Waals surface area contributed by atoms with Crippen LogP contribution in [-0.2, 0) is 16.1 Å². The maximum atomic E-state index is 11.9. The molecule has 5 heteroatoms. The van der Waals surface area contributed by atoms with Crippen LogP contribution in [-0.4, -0.2) is 19.7 Å². The van der Waals surface area contributed by atoms with E-state index in [4.69, 9.17) is 14.2 Å². The molecule has 0 radical (unpaired) electrons. The van der Waals surface area contributed by atoms with Gasteiger partial charge in [-0.3, -0.25) is 4.79 Å². The summed E-state index contributed by atoms with van der Waals surface area (Å²) in [7, 11) is 1.58. The number of benzene rings is 2. The van der Waals surface area contributed by atoms with Crippen molar-refractivity contribution in [1.82, 2.24) is 0 Å². The van der Waals surface area contributed by atoms with E-state index in [1.165, 1.54) is 4.70 Å². The molecule has 0 spiro atoms. The Bertz CT molecular complexity index is 825. The van der Waals surface area contributed by atoms with Gasteiger partial charge in [-0.15, -0.1) is 11.3 Å². The predicted octanol–water partition coefficient (Wildman–Crippen LogP) is 4.42. The van der Waals surface area contributed by atoms with Crippen LogP contribution < -0.4 is 9.47 Å². The Balaban J connectivity index is 1.48. The van der Waals surface area contributed by atoms with E-state index in [2.05, 4.69) is 6.07 Å². The SMILES string of the molecule is COc1ccccc1OCCC(=O)OCc1csc2ccccc12. The fraction of sp³-hybridized carbons (Fsp3) is 0.211. The number of carbonyl (C=O) groups excluding carboxylic acids is 1. The molecule has 0 N–H and O–H groups in total. The highest BCUT2D eigenvalue weighted by molar-refractivity contribution is 7.17. The first-order valence-corrected chi connectivity index (χ1v) is 8.52. The van der Waals surface area contributed by atoms with Crippen molar-refractivity contribution in [3.63, 3.8) is 0 Å². The number of hydrogen-bond acceptors (Lipinski definition) is 5. The maximum Gasteiger partial charge on any atom is 0.309 e. The zero-order chi connectivity index (χ0) is 16.8. The quantitative estimate of drug-likeness (QED) is 0.596. The van der Waals surface area contributed by atoms with Crippen molar-refractivity contribution in [3.8, 4) is 11.5 Å². The molecule has 0 aliphatic heterocycles. The van der Waals surface area contributed by atoms with Crippen molar-refractivity contribution in [3.05, 3.63) is 59.5 Å². The second kappa shape index (κ2) is 7.84. The summed E-state index contributed by atoms with van der Waals surface area (Å²) >= 11 is 1.65. The van der Waals surface area contributed by atoms with Gasteiger partial charge < -0.3 is 14.2 Å². The Kier molecular flexibility index (Phi) is 5.33. The number of ether oxygens (including phenoxy) is 3. The lowest BCUT2D eigenvalue weighted by Gasteiger charge is -2.10. The van der Waals surface area contributed by atoms with E-state index < -0.39 is 0 Å². The summed E-state index contributed by atoms with van der Waals surface area (Å²) in [6.45, 7) is 0.543. The molecule has 0 amide bonds. The number of fused-ring (bicyclic) bond motifs is 1. The largest absolute Gasteiger partial charge is 0.493 e. The molecule has 3 aromatic rings. The lowest BCUT2D eigenvalue weighted by atomic mass is 10.2. The topological polar surface area (TPSA) is 44.8 Å². The van der Waals surface area contributed by atoms with Crippen molar-refractivity contribution in [2.75, 3.05) is 13.7 Å². The summed E-state index contributed by atoms with van der Waals surface area (Å²) in [5, 5.41) is 3.17. The van der Waals surface area contributed by atoms with Crippen LogP contribution in [0.2, 0.25) is 0 Å². The molecule has 24 heavy (non-hydrogen) atoms. The Morgan fingerprint density at radius 1 is 1.04 bits per heavy atom. The fourth-order valence-corrected chi connectivity index (χ4v) is 3.30. The molecule has 0 unspecified atom stereocenters. The van der Waals surface area contributed by atoms with Crippen LogP contribution >= 0.6 is 11.3 Å². The highest BCUT2D eigenvalue weighted by Crippen LogP contribution is 2.27. The highest BCUT2D eigenvalue weighted by atomic mass is 32.1. The van der Waals surface area contributed by atoms with Gasteiger partial charge in [-0.25, -0.2) is 0 Å². The summed E-state index contributed by atoms with van der Waals surface area (Å²) in [6, 6.07) is 15.4. The number of methoxy groups -OCH3 is 1. The van der Waals surface area contributed by atoms with Gasteiger partial charge in [0.2, 0.25) is 0 Å². The second-order valence-electron chi connectivity index (χ2n) is 5.17. The van der Waals surface area contributed by atoms with E-state index in [1.807, 2.05) is 47.8 Å². The summed E-state index contributed by atoms with van der Waals surface area (Å²) in [4.78, 5) is 11.9. The maximum absolute atomic E-state index is 11.9. The average molecular weight is 342 g/mol. The molecule has 0 saturated carbocycles. The van der Waals surface area contributed by atoms with E-state index in [0.29, 0.717) is 11.5 Å². The van der Waals surface area contributed by atoms with E-state index >= 15 is 0 Å². The standard InChI is InChI=1S/C19H18O4S/c1-21-16-7-3-4-8-17(16)22-11-10-19(20)23-12-14-13-24-18-9-5-2-6-15(14)18/h2-9,13H,10-12H2,1H3. The molecule has 1 heterocycles. The molecule has 0 atom stereocenters. The Morgan fingerprint density at radius 2 is 1.79 bits per heavy atom. The van der Waals surface area contributed by atoms with Crippen LogP contribution in [0.5, 0.6) is 11.5 Å². The van der Waals surface area contributed by atoms with E-state index in [0.717, 1.165) is 10.9 Å². The van der Waals surface area contributed by atoms with Crippen LogP contribution in [0.1, 0.15) is 12.0 Å².